The molecule has 0 aliphatic carbocycles. The van der Waals surface area contributed by atoms with Crippen molar-refractivity contribution in [2.75, 3.05) is 6.61 Å². The number of hydrogen-bond acceptors (Lipinski definition) is 3. The van der Waals surface area contributed by atoms with E-state index in [4.69, 9.17) is 4.74 Å². The van der Waals surface area contributed by atoms with Gasteiger partial charge < -0.3 is 4.74 Å². The molecule has 0 bridgehead atoms. The predicted octanol–water partition coefficient (Wildman–Crippen LogP) is 2.94. The average Bonchev–Trinajstić information content (AvgIpc) is 2.47. The van der Waals surface area contributed by atoms with Crippen molar-refractivity contribution in [3.63, 3.8) is 0 Å². The van der Waals surface area contributed by atoms with Gasteiger partial charge in [0.2, 0.25) is 10.0 Å². The predicted molar refractivity (Wildman–Crippen MR) is 80.8 cm³/mol. The number of benzene rings is 2. The first-order valence-electron chi connectivity index (χ1n) is 6.97. The molecule has 0 aromatic heterocycles. The Bertz CT molecular complexity index is 805. The van der Waals surface area contributed by atoms with Gasteiger partial charge in [0.1, 0.15) is 11.6 Å². The molecule has 1 heterocycles. The lowest BCUT2D eigenvalue weighted by atomic mass is 10.0. The minimum absolute atomic E-state index is 0.0953. The summed E-state index contributed by atoms with van der Waals surface area (Å²) in [5, 5.41) is 0. The van der Waals surface area contributed by atoms with Gasteiger partial charge in [0.25, 0.3) is 0 Å². The molecule has 6 heteroatoms. The Morgan fingerprint density at radius 2 is 2.00 bits per heavy atom. The maximum atomic E-state index is 13.2. The van der Waals surface area contributed by atoms with Crippen LogP contribution in [0.2, 0.25) is 0 Å². The summed E-state index contributed by atoms with van der Waals surface area (Å²) in [7, 11) is -3.72. The van der Waals surface area contributed by atoms with Gasteiger partial charge >= 0.3 is 0 Å². The molecule has 0 fully saturated rings. The molecule has 2 aromatic carbocycles. The Hall–Kier alpha value is -1.92. The van der Waals surface area contributed by atoms with Crippen molar-refractivity contribution in [2.45, 2.75) is 24.3 Å². The van der Waals surface area contributed by atoms with E-state index in [1.807, 2.05) is 24.3 Å². The molecule has 1 aliphatic rings. The molecule has 116 valence electrons. The summed E-state index contributed by atoms with van der Waals surface area (Å²) in [4.78, 5) is 0.0953. The van der Waals surface area contributed by atoms with Gasteiger partial charge in [-0.1, -0.05) is 18.2 Å². The monoisotopic (exact) mass is 321 g/mol. The van der Waals surface area contributed by atoms with Crippen LogP contribution in [0, 0.1) is 12.7 Å². The molecule has 1 unspecified atom stereocenters. The Morgan fingerprint density at radius 1 is 1.23 bits per heavy atom. The minimum Gasteiger partial charge on any atom is -0.493 e. The Kier molecular flexibility index (Phi) is 3.88. The van der Waals surface area contributed by atoms with E-state index in [0.717, 1.165) is 11.6 Å². The molecule has 0 saturated carbocycles. The SMILES string of the molecule is Cc1cc(F)ccc1S(=O)(=O)NC1CCOc2ccccc21. The van der Waals surface area contributed by atoms with E-state index < -0.39 is 15.8 Å². The number of hydrogen-bond donors (Lipinski definition) is 1. The fourth-order valence-corrected chi connectivity index (χ4v) is 4.11. The van der Waals surface area contributed by atoms with Crippen LogP contribution in [0.25, 0.3) is 0 Å². The zero-order valence-electron chi connectivity index (χ0n) is 12.0. The van der Waals surface area contributed by atoms with Crippen molar-refractivity contribution in [1.82, 2.24) is 4.72 Å². The maximum absolute atomic E-state index is 13.2. The first-order chi connectivity index (χ1) is 10.5. The van der Waals surface area contributed by atoms with Crippen LogP contribution in [0.15, 0.2) is 47.4 Å². The topological polar surface area (TPSA) is 55.4 Å². The molecule has 1 aliphatic heterocycles. The second kappa shape index (κ2) is 5.70. The summed E-state index contributed by atoms with van der Waals surface area (Å²) < 4.78 is 46.5. The molecule has 0 amide bonds. The van der Waals surface area contributed by atoms with Crippen LogP contribution in [-0.2, 0) is 10.0 Å². The smallest absolute Gasteiger partial charge is 0.241 e. The molecular weight excluding hydrogens is 305 g/mol. The molecule has 0 spiro atoms. The van der Waals surface area contributed by atoms with E-state index in [9.17, 15) is 12.8 Å². The number of halogens is 1. The van der Waals surface area contributed by atoms with Crippen molar-refractivity contribution < 1.29 is 17.5 Å². The van der Waals surface area contributed by atoms with E-state index in [-0.39, 0.29) is 10.9 Å². The largest absolute Gasteiger partial charge is 0.493 e. The Balaban J connectivity index is 1.93. The summed E-state index contributed by atoms with van der Waals surface area (Å²) in [5.74, 6) is 0.241. The molecule has 3 rings (SSSR count). The highest BCUT2D eigenvalue weighted by molar-refractivity contribution is 7.89. The van der Waals surface area contributed by atoms with Gasteiger partial charge in [-0.05, 0) is 36.8 Å². The molecule has 0 saturated heterocycles. The van der Waals surface area contributed by atoms with Crippen LogP contribution < -0.4 is 9.46 Å². The minimum atomic E-state index is -3.72. The van der Waals surface area contributed by atoms with Gasteiger partial charge in [-0.25, -0.2) is 17.5 Å². The zero-order chi connectivity index (χ0) is 15.7. The summed E-state index contributed by atoms with van der Waals surface area (Å²) >= 11 is 0. The second-order valence-corrected chi connectivity index (χ2v) is 6.94. The van der Waals surface area contributed by atoms with E-state index >= 15 is 0 Å². The van der Waals surface area contributed by atoms with Crippen molar-refractivity contribution >= 4 is 10.0 Å². The summed E-state index contributed by atoms with van der Waals surface area (Å²) in [6.07, 6.45) is 0.552. The Labute approximate surface area is 129 Å². The first kappa shape index (κ1) is 15.0. The maximum Gasteiger partial charge on any atom is 0.241 e. The molecule has 2 aromatic rings. The number of nitrogens with one attached hydrogen (secondary N) is 1. The molecular formula is C16H16FNO3S. The summed E-state index contributed by atoms with van der Waals surface area (Å²) in [6.45, 7) is 2.03. The third kappa shape index (κ3) is 2.84. The van der Waals surface area contributed by atoms with E-state index in [2.05, 4.69) is 4.72 Å². The van der Waals surface area contributed by atoms with E-state index in [0.29, 0.717) is 24.3 Å². The molecule has 1 atom stereocenters. The summed E-state index contributed by atoms with van der Waals surface area (Å²) in [5.41, 5.74) is 1.20. The third-order valence-corrected chi connectivity index (χ3v) is 5.31. The van der Waals surface area contributed by atoms with Crippen LogP contribution in [0.1, 0.15) is 23.6 Å². The summed E-state index contributed by atoms with van der Waals surface area (Å²) in [6, 6.07) is 10.7. The highest BCUT2D eigenvalue weighted by Crippen LogP contribution is 2.32. The van der Waals surface area contributed by atoms with Crippen molar-refractivity contribution in [3.05, 3.63) is 59.4 Å². The zero-order valence-corrected chi connectivity index (χ0v) is 12.9. The number of sulfonamides is 1. The second-order valence-electron chi connectivity index (χ2n) is 5.26. The lowest BCUT2D eigenvalue weighted by molar-refractivity contribution is 0.263. The van der Waals surface area contributed by atoms with Gasteiger partial charge in [0, 0.05) is 12.0 Å². The van der Waals surface area contributed by atoms with Crippen LogP contribution in [0.4, 0.5) is 4.39 Å². The van der Waals surface area contributed by atoms with Gasteiger partial charge in [-0.2, -0.15) is 0 Å². The number of fused-ring (bicyclic) bond motifs is 1. The van der Waals surface area contributed by atoms with Crippen molar-refractivity contribution in [3.8, 4) is 5.75 Å². The van der Waals surface area contributed by atoms with Crippen LogP contribution in [-0.4, -0.2) is 15.0 Å². The van der Waals surface area contributed by atoms with Gasteiger partial charge in [0.05, 0.1) is 17.5 Å². The number of para-hydroxylation sites is 1. The third-order valence-electron chi connectivity index (χ3n) is 3.68. The van der Waals surface area contributed by atoms with Gasteiger partial charge in [-0.15, -0.1) is 0 Å². The lowest BCUT2D eigenvalue weighted by Crippen LogP contribution is -2.32. The highest BCUT2D eigenvalue weighted by Gasteiger charge is 2.27. The number of rotatable bonds is 3. The average molecular weight is 321 g/mol. The Morgan fingerprint density at radius 3 is 2.77 bits per heavy atom. The molecule has 22 heavy (non-hydrogen) atoms. The van der Waals surface area contributed by atoms with Crippen molar-refractivity contribution in [2.24, 2.45) is 0 Å². The lowest BCUT2D eigenvalue weighted by Gasteiger charge is -2.26. The van der Waals surface area contributed by atoms with E-state index in [1.165, 1.54) is 12.1 Å². The molecule has 0 radical (unpaired) electrons. The highest BCUT2D eigenvalue weighted by atomic mass is 32.2. The molecule has 1 N–H and O–H groups in total. The fraction of sp³-hybridized carbons (Fsp3) is 0.250. The van der Waals surface area contributed by atoms with Crippen molar-refractivity contribution in [1.29, 1.82) is 0 Å². The van der Waals surface area contributed by atoms with E-state index in [1.54, 1.807) is 6.92 Å². The van der Waals surface area contributed by atoms with Gasteiger partial charge in [-0.3, -0.25) is 0 Å². The normalized spacial score (nSPS) is 17.6. The first-order valence-corrected chi connectivity index (χ1v) is 8.46. The van der Waals surface area contributed by atoms with Crippen LogP contribution >= 0.6 is 0 Å². The van der Waals surface area contributed by atoms with Crippen LogP contribution in [0.3, 0.4) is 0 Å². The fourth-order valence-electron chi connectivity index (χ4n) is 2.63. The molecule has 4 nitrogen and oxygen atoms in total. The van der Waals surface area contributed by atoms with Crippen LogP contribution in [0.5, 0.6) is 5.75 Å². The number of ether oxygens (including phenoxy) is 1. The standard InChI is InChI=1S/C16H16FNO3S/c1-11-10-12(17)6-7-16(11)22(19,20)18-14-8-9-21-15-5-3-2-4-13(14)15/h2-7,10,14,18H,8-9H2,1H3. The van der Waals surface area contributed by atoms with Gasteiger partial charge in [0.15, 0.2) is 0 Å². The quantitative estimate of drug-likeness (QED) is 0.945. The number of aryl methyl sites for hydroxylation is 1.